The van der Waals surface area contributed by atoms with E-state index in [9.17, 15) is 9.59 Å². The molecule has 0 heterocycles. The van der Waals surface area contributed by atoms with Crippen molar-refractivity contribution in [2.24, 2.45) is 10.9 Å². The second-order valence-electron chi connectivity index (χ2n) is 8.86. The summed E-state index contributed by atoms with van der Waals surface area (Å²) in [6, 6.07) is 24.7. The molecule has 4 rings (SSSR count). The van der Waals surface area contributed by atoms with Gasteiger partial charge in [0.05, 0.1) is 0 Å². The lowest BCUT2D eigenvalue weighted by atomic mass is 9.80. The van der Waals surface area contributed by atoms with Crippen molar-refractivity contribution < 1.29 is 24.2 Å². The smallest absolute Gasteiger partial charge is 0.352 e. The van der Waals surface area contributed by atoms with Gasteiger partial charge in [0.2, 0.25) is 0 Å². The lowest BCUT2D eigenvalue weighted by molar-refractivity contribution is -0.211. The van der Waals surface area contributed by atoms with Crippen LogP contribution in [-0.4, -0.2) is 17.8 Å². The maximum Gasteiger partial charge on any atom is 0.352 e. The average Bonchev–Trinajstić information content (AvgIpc) is 2.90. The summed E-state index contributed by atoms with van der Waals surface area (Å²) in [6.07, 6.45) is 4.07. The number of hydrogen-bond acceptors (Lipinski definition) is 6. The largest absolute Gasteiger partial charge is 0.384 e. The summed E-state index contributed by atoms with van der Waals surface area (Å²) in [6.45, 7) is 1.30. The van der Waals surface area contributed by atoms with E-state index < -0.39 is 17.9 Å². The molecule has 2 N–H and O–H groups in total. The molecule has 0 aliphatic heterocycles. The van der Waals surface area contributed by atoms with Crippen LogP contribution in [0.2, 0.25) is 0 Å². The van der Waals surface area contributed by atoms with Gasteiger partial charge in [-0.1, -0.05) is 78.0 Å². The molecule has 1 aliphatic rings. The van der Waals surface area contributed by atoms with Crippen molar-refractivity contribution >= 4 is 17.8 Å². The minimum Gasteiger partial charge on any atom is -0.384 e. The van der Waals surface area contributed by atoms with Crippen LogP contribution in [0.4, 0.5) is 0 Å². The first-order valence-corrected chi connectivity index (χ1v) is 12.1. The molecule has 0 saturated carbocycles. The van der Waals surface area contributed by atoms with Gasteiger partial charge in [0.15, 0.2) is 5.75 Å². The Labute approximate surface area is 210 Å². The van der Waals surface area contributed by atoms with Crippen LogP contribution < -0.4 is 10.6 Å². The molecular formula is C29H30N2O5. The molecular weight excluding hydrogens is 456 g/mol. The van der Waals surface area contributed by atoms with Crippen molar-refractivity contribution in [3.8, 4) is 5.75 Å². The van der Waals surface area contributed by atoms with Crippen LogP contribution in [0.5, 0.6) is 5.75 Å². The van der Waals surface area contributed by atoms with Crippen LogP contribution in [0.25, 0.3) is 0 Å². The number of oxime groups is 1. The molecule has 1 atom stereocenters. The first kappa shape index (κ1) is 25.0. The highest BCUT2D eigenvalue weighted by Gasteiger charge is 2.26. The standard InChI is InChI=1S/C29H30N2O5/c1-20(32)35-36-26-17-9-15-24-21(14-8-16-25(24)26)18-19-27(30)31-34-29(33)28(22-10-4-2-5-11-22)23-12-6-3-7-13-23/h2-7,9-13,15,17,21,28H,8,14,16,18-19H2,1H3,(H2,30,31). The number of rotatable bonds is 9. The van der Waals surface area contributed by atoms with E-state index in [1.165, 1.54) is 6.92 Å². The molecule has 0 aromatic heterocycles. The van der Waals surface area contributed by atoms with Crippen LogP contribution in [0.15, 0.2) is 84.0 Å². The molecule has 186 valence electrons. The average molecular weight is 487 g/mol. The summed E-state index contributed by atoms with van der Waals surface area (Å²) in [5.41, 5.74) is 10.00. The third-order valence-corrected chi connectivity index (χ3v) is 6.34. The van der Waals surface area contributed by atoms with E-state index in [0.717, 1.165) is 47.9 Å². The van der Waals surface area contributed by atoms with Gasteiger partial charge in [-0.25, -0.2) is 9.59 Å². The number of nitrogens with zero attached hydrogens (tertiary/aromatic N) is 1. The van der Waals surface area contributed by atoms with Gasteiger partial charge in [0.25, 0.3) is 0 Å². The van der Waals surface area contributed by atoms with Crippen molar-refractivity contribution in [2.45, 2.75) is 50.9 Å². The van der Waals surface area contributed by atoms with Crippen molar-refractivity contribution in [2.75, 3.05) is 0 Å². The molecule has 0 fully saturated rings. The topological polar surface area (TPSA) is 100 Å². The predicted octanol–water partition coefficient (Wildman–Crippen LogP) is 5.39. The number of fused-ring (bicyclic) bond motifs is 1. The van der Waals surface area contributed by atoms with E-state index in [1.54, 1.807) is 6.07 Å². The third-order valence-electron chi connectivity index (χ3n) is 6.34. The van der Waals surface area contributed by atoms with Gasteiger partial charge in [0, 0.05) is 18.9 Å². The molecule has 0 radical (unpaired) electrons. The second-order valence-corrected chi connectivity index (χ2v) is 8.86. The van der Waals surface area contributed by atoms with Gasteiger partial charge < -0.3 is 10.6 Å². The van der Waals surface area contributed by atoms with E-state index in [4.69, 9.17) is 20.3 Å². The van der Waals surface area contributed by atoms with Crippen LogP contribution >= 0.6 is 0 Å². The van der Waals surface area contributed by atoms with Gasteiger partial charge >= 0.3 is 11.9 Å². The number of carbonyl (C=O) groups excluding carboxylic acids is 2. The zero-order valence-electron chi connectivity index (χ0n) is 20.3. The molecule has 1 aliphatic carbocycles. The summed E-state index contributed by atoms with van der Waals surface area (Å²) in [5, 5.41) is 3.97. The molecule has 3 aromatic carbocycles. The third kappa shape index (κ3) is 6.30. The predicted molar refractivity (Wildman–Crippen MR) is 136 cm³/mol. The Morgan fingerprint density at radius 3 is 2.28 bits per heavy atom. The maximum absolute atomic E-state index is 13.0. The summed E-state index contributed by atoms with van der Waals surface area (Å²) in [7, 11) is 0. The van der Waals surface area contributed by atoms with Gasteiger partial charge in [-0.05, 0) is 54.4 Å². The number of carbonyl (C=O) groups is 2. The molecule has 0 bridgehead atoms. The Kier molecular flexibility index (Phi) is 8.34. The van der Waals surface area contributed by atoms with Crippen molar-refractivity contribution in [3.63, 3.8) is 0 Å². The fourth-order valence-electron chi connectivity index (χ4n) is 4.67. The van der Waals surface area contributed by atoms with Crippen LogP contribution in [-0.2, 0) is 25.7 Å². The van der Waals surface area contributed by atoms with E-state index in [1.807, 2.05) is 66.7 Å². The van der Waals surface area contributed by atoms with E-state index in [-0.39, 0.29) is 11.8 Å². The number of amidine groups is 1. The Morgan fingerprint density at radius 2 is 1.64 bits per heavy atom. The van der Waals surface area contributed by atoms with Gasteiger partial charge in [-0.3, -0.25) is 9.78 Å². The molecule has 7 heteroatoms. The van der Waals surface area contributed by atoms with Crippen LogP contribution in [0, 0.1) is 0 Å². The minimum absolute atomic E-state index is 0.250. The van der Waals surface area contributed by atoms with Crippen molar-refractivity contribution in [1.82, 2.24) is 0 Å². The second kappa shape index (κ2) is 12.0. The monoisotopic (exact) mass is 486 g/mol. The van der Waals surface area contributed by atoms with Crippen LogP contribution in [0.3, 0.4) is 0 Å². The molecule has 3 aromatic rings. The van der Waals surface area contributed by atoms with Gasteiger partial charge in [-0.15, -0.1) is 0 Å². The van der Waals surface area contributed by atoms with E-state index >= 15 is 0 Å². The van der Waals surface area contributed by atoms with E-state index in [2.05, 4.69) is 11.2 Å². The lowest BCUT2D eigenvalue weighted by Crippen LogP contribution is -2.20. The molecule has 0 spiro atoms. The highest BCUT2D eigenvalue weighted by molar-refractivity contribution is 5.84. The van der Waals surface area contributed by atoms with Crippen LogP contribution in [0.1, 0.15) is 66.7 Å². The minimum atomic E-state index is -0.593. The first-order valence-electron chi connectivity index (χ1n) is 12.1. The normalized spacial score (nSPS) is 15.2. The molecule has 36 heavy (non-hydrogen) atoms. The maximum atomic E-state index is 13.0. The van der Waals surface area contributed by atoms with Gasteiger partial charge in [-0.2, -0.15) is 0 Å². The van der Waals surface area contributed by atoms with Crippen molar-refractivity contribution in [3.05, 3.63) is 101 Å². The first-order chi connectivity index (χ1) is 17.5. The molecule has 0 saturated heterocycles. The van der Waals surface area contributed by atoms with E-state index in [0.29, 0.717) is 12.2 Å². The van der Waals surface area contributed by atoms with Gasteiger partial charge in [0.1, 0.15) is 11.8 Å². The Balaban J connectivity index is 1.41. The number of hydrogen-bond donors (Lipinski definition) is 1. The lowest BCUT2D eigenvalue weighted by Gasteiger charge is -2.26. The Bertz CT molecular complexity index is 1170. The fourth-order valence-corrected chi connectivity index (χ4v) is 4.67. The summed E-state index contributed by atoms with van der Waals surface area (Å²) < 4.78 is 0. The quantitative estimate of drug-likeness (QED) is 0.143. The highest BCUT2D eigenvalue weighted by Crippen LogP contribution is 2.39. The molecule has 1 unspecified atom stereocenters. The number of benzene rings is 3. The highest BCUT2D eigenvalue weighted by atomic mass is 17.2. The van der Waals surface area contributed by atoms with Crippen molar-refractivity contribution in [1.29, 1.82) is 0 Å². The Hall–Kier alpha value is -4.13. The number of nitrogens with two attached hydrogens (primary N) is 1. The summed E-state index contributed by atoms with van der Waals surface area (Å²) >= 11 is 0. The fraction of sp³-hybridized carbons (Fsp3) is 0.276. The molecule has 0 amide bonds. The molecule has 7 nitrogen and oxygen atoms in total. The summed E-state index contributed by atoms with van der Waals surface area (Å²) in [5.74, 6) is -0.491. The summed E-state index contributed by atoms with van der Waals surface area (Å²) in [4.78, 5) is 39.5. The SMILES string of the molecule is CC(=O)OOc1cccc2c1CCCC2CC/C(N)=N/OC(=O)C(c1ccccc1)c1ccccc1. The Morgan fingerprint density at radius 1 is 0.972 bits per heavy atom. The zero-order valence-corrected chi connectivity index (χ0v) is 20.3. The zero-order chi connectivity index (χ0) is 25.3.